The third-order valence-corrected chi connectivity index (χ3v) is 5.53. The molecule has 1 saturated carbocycles. The van der Waals surface area contributed by atoms with Gasteiger partial charge in [0.25, 0.3) is 0 Å². The van der Waals surface area contributed by atoms with Crippen LogP contribution in [0.5, 0.6) is 11.5 Å². The smallest absolute Gasteiger partial charge is 0.174 e. The zero-order valence-electron chi connectivity index (χ0n) is 17.2. The molecule has 1 atom stereocenters. The Morgan fingerprint density at radius 2 is 1.71 bits per heavy atom. The van der Waals surface area contributed by atoms with Gasteiger partial charge in [0, 0.05) is 5.92 Å². The summed E-state index contributed by atoms with van der Waals surface area (Å²) in [6, 6.07) is 17.6. The van der Waals surface area contributed by atoms with Crippen LogP contribution >= 0.6 is 0 Å². The molecule has 0 aliphatic heterocycles. The van der Waals surface area contributed by atoms with Gasteiger partial charge in [0.05, 0.1) is 0 Å². The lowest BCUT2D eigenvalue weighted by atomic mass is 9.56. The van der Waals surface area contributed by atoms with Gasteiger partial charge >= 0.3 is 0 Å². The molecular formula is C25H29NO2. The highest BCUT2D eigenvalue weighted by Crippen LogP contribution is 2.56. The highest BCUT2D eigenvalue weighted by atomic mass is 16.5. The molecule has 3 heteroatoms. The fourth-order valence-corrected chi connectivity index (χ4v) is 5.01. The number of rotatable bonds is 4. The lowest BCUT2D eigenvalue weighted by Crippen LogP contribution is -2.36. The number of benzene rings is 2. The molecule has 0 spiro atoms. The van der Waals surface area contributed by atoms with E-state index in [0.29, 0.717) is 17.4 Å². The van der Waals surface area contributed by atoms with Crippen LogP contribution in [0.25, 0.3) is 6.08 Å². The van der Waals surface area contributed by atoms with Crippen LogP contribution in [0.3, 0.4) is 0 Å². The largest absolute Gasteiger partial charge is 0.508 e. The van der Waals surface area contributed by atoms with Crippen molar-refractivity contribution in [2.24, 2.45) is 10.8 Å². The molecule has 0 amide bonds. The van der Waals surface area contributed by atoms with Gasteiger partial charge in [-0.25, -0.2) is 0 Å². The van der Waals surface area contributed by atoms with Gasteiger partial charge in [0.1, 0.15) is 17.6 Å². The molecule has 1 aliphatic rings. The van der Waals surface area contributed by atoms with Crippen LogP contribution in [0.15, 0.2) is 54.1 Å². The molecule has 3 rings (SSSR count). The second kappa shape index (κ2) is 7.72. The first-order chi connectivity index (χ1) is 13.2. The zero-order valence-corrected chi connectivity index (χ0v) is 17.2. The van der Waals surface area contributed by atoms with E-state index in [1.807, 2.05) is 42.5 Å². The van der Waals surface area contributed by atoms with Gasteiger partial charge in [-0.15, -0.1) is 0 Å². The monoisotopic (exact) mass is 375 g/mol. The lowest BCUT2D eigenvalue weighted by Gasteiger charge is -2.48. The summed E-state index contributed by atoms with van der Waals surface area (Å²) in [4.78, 5) is 0. The predicted molar refractivity (Wildman–Crippen MR) is 113 cm³/mol. The van der Waals surface area contributed by atoms with E-state index in [1.54, 1.807) is 12.1 Å². The zero-order chi connectivity index (χ0) is 20.4. The number of aromatic hydroxyl groups is 1. The highest BCUT2D eigenvalue weighted by molar-refractivity contribution is 5.58. The molecule has 1 aliphatic carbocycles. The summed E-state index contributed by atoms with van der Waals surface area (Å²) in [5.74, 6) is 1.31. The number of nitriles is 1. The maximum Gasteiger partial charge on any atom is 0.174 e. The summed E-state index contributed by atoms with van der Waals surface area (Å²) in [7, 11) is 0. The first-order valence-corrected chi connectivity index (χ1v) is 9.79. The first-order valence-electron chi connectivity index (χ1n) is 9.79. The quantitative estimate of drug-likeness (QED) is 0.681. The van der Waals surface area contributed by atoms with Crippen molar-refractivity contribution in [2.45, 2.75) is 46.5 Å². The summed E-state index contributed by atoms with van der Waals surface area (Å²) in [6.45, 7) is 9.44. The Labute approximate surface area is 168 Å². The van der Waals surface area contributed by atoms with Crippen LogP contribution in [0, 0.1) is 22.2 Å². The van der Waals surface area contributed by atoms with Crippen molar-refractivity contribution in [3.63, 3.8) is 0 Å². The Kier molecular flexibility index (Phi) is 5.52. The number of ether oxygens (including phenoxy) is 1. The molecule has 0 aromatic heterocycles. The molecule has 1 unspecified atom stereocenters. The van der Waals surface area contributed by atoms with Gasteiger partial charge in [-0.1, -0.05) is 63.6 Å². The molecule has 1 N–H and O–H groups in total. The first kappa shape index (κ1) is 20.0. The van der Waals surface area contributed by atoms with E-state index in [9.17, 15) is 5.11 Å². The molecular weight excluding hydrogens is 346 g/mol. The van der Waals surface area contributed by atoms with Crippen LogP contribution in [-0.4, -0.2) is 11.7 Å². The number of hydrogen-bond acceptors (Lipinski definition) is 3. The fourth-order valence-electron chi connectivity index (χ4n) is 5.01. The Morgan fingerprint density at radius 3 is 2.32 bits per heavy atom. The van der Waals surface area contributed by atoms with Crippen molar-refractivity contribution in [3.05, 3.63) is 65.2 Å². The standard InChI is InChI=1S/C25H29NO2/c1-24(2)16-20(15-18-5-11-22(12-6-18)28-14-13-26)23(25(3,4)17-24)19-7-9-21(27)10-8-19/h5-12,15,23,27H,14,16-17H2,1-4H3. The summed E-state index contributed by atoms with van der Waals surface area (Å²) < 4.78 is 5.36. The van der Waals surface area contributed by atoms with E-state index in [4.69, 9.17) is 10.00 Å². The SMILES string of the molecule is CC1(C)CC(=Cc2ccc(OCC#N)cc2)C(c2ccc(O)cc2)C(C)(C)C1. The summed E-state index contributed by atoms with van der Waals surface area (Å²) in [6.07, 6.45) is 4.48. The Bertz CT molecular complexity index is 884. The Hall–Kier alpha value is -2.73. The van der Waals surface area contributed by atoms with Gasteiger partial charge in [0.15, 0.2) is 6.61 Å². The summed E-state index contributed by atoms with van der Waals surface area (Å²) >= 11 is 0. The van der Waals surface area contributed by atoms with Gasteiger partial charge in [-0.3, -0.25) is 0 Å². The van der Waals surface area contributed by atoms with Crippen molar-refractivity contribution in [1.29, 1.82) is 5.26 Å². The Morgan fingerprint density at radius 1 is 1.07 bits per heavy atom. The minimum Gasteiger partial charge on any atom is -0.508 e. The van der Waals surface area contributed by atoms with Crippen molar-refractivity contribution >= 4 is 6.08 Å². The van der Waals surface area contributed by atoms with Gasteiger partial charge in [0.2, 0.25) is 0 Å². The number of hydrogen-bond donors (Lipinski definition) is 1. The molecule has 0 radical (unpaired) electrons. The molecule has 2 aromatic rings. The molecule has 0 bridgehead atoms. The number of phenols is 1. The van der Waals surface area contributed by atoms with E-state index in [-0.39, 0.29) is 17.4 Å². The minimum atomic E-state index is 0.0613. The average Bonchev–Trinajstić information content (AvgIpc) is 2.60. The third kappa shape index (κ3) is 4.57. The Balaban J connectivity index is 1.99. The van der Waals surface area contributed by atoms with Crippen molar-refractivity contribution in [1.82, 2.24) is 0 Å². The highest BCUT2D eigenvalue weighted by Gasteiger charge is 2.43. The molecule has 0 heterocycles. The van der Waals surface area contributed by atoms with Gasteiger partial charge < -0.3 is 9.84 Å². The van der Waals surface area contributed by atoms with Crippen LogP contribution in [0.1, 0.15) is 57.6 Å². The van der Waals surface area contributed by atoms with Crippen molar-refractivity contribution in [3.8, 4) is 17.6 Å². The number of allylic oxidation sites excluding steroid dienone is 1. The van der Waals surface area contributed by atoms with E-state index < -0.39 is 0 Å². The number of nitrogens with zero attached hydrogens (tertiary/aromatic N) is 1. The molecule has 2 aromatic carbocycles. The van der Waals surface area contributed by atoms with E-state index in [0.717, 1.165) is 18.4 Å². The van der Waals surface area contributed by atoms with Gasteiger partial charge in [-0.05, 0) is 59.1 Å². The van der Waals surface area contributed by atoms with Gasteiger partial charge in [-0.2, -0.15) is 5.26 Å². The average molecular weight is 376 g/mol. The van der Waals surface area contributed by atoms with Crippen LogP contribution in [-0.2, 0) is 0 Å². The topological polar surface area (TPSA) is 53.2 Å². The van der Waals surface area contributed by atoms with E-state index >= 15 is 0 Å². The predicted octanol–water partition coefficient (Wildman–Crippen LogP) is 6.31. The molecule has 3 nitrogen and oxygen atoms in total. The summed E-state index contributed by atoms with van der Waals surface area (Å²) in [5.41, 5.74) is 4.15. The van der Waals surface area contributed by atoms with E-state index in [2.05, 4.69) is 33.8 Å². The molecule has 0 saturated heterocycles. The van der Waals surface area contributed by atoms with Crippen LogP contribution in [0.4, 0.5) is 0 Å². The van der Waals surface area contributed by atoms with E-state index in [1.165, 1.54) is 11.1 Å². The molecule has 146 valence electrons. The maximum atomic E-state index is 9.71. The summed E-state index contributed by atoms with van der Waals surface area (Å²) in [5, 5.41) is 18.4. The normalized spacial score (nSPS) is 21.8. The number of phenolic OH excluding ortho intramolecular Hbond substituents is 1. The fraction of sp³-hybridized carbons (Fsp3) is 0.400. The van der Waals surface area contributed by atoms with Crippen molar-refractivity contribution < 1.29 is 9.84 Å². The molecule has 28 heavy (non-hydrogen) atoms. The van der Waals surface area contributed by atoms with Crippen molar-refractivity contribution in [2.75, 3.05) is 6.61 Å². The second-order valence-corrected chi connectivity index (χ2v) is 9.27. The third-order valence-electron chi connectivity index (χ3n) is 5.53. The van der Waals surface area contributed by atoms with Crippen LogP contribution < -0.4 is 4.74 Å². The van der Waals surface area contributed by atoms with Crippen LogP contribution in [0.2, 0.25) is 0 Å². The lowest BCUT2D eigenvalue weighted by molar-refractivity contribution is 0.131. The second-order valence-electron chi connectivity index (χ2n) is 9.27. The minimum absolute atomic E-state index is 0.0613. The molecule has 1 fully saturated rings. The maximum absolute atomic E-state index is 9.71.